The lowest BCUT2D eigenvalue weighted by molar-refractivity contribution is 0.237. The van der Waals surface area contributed by atoms with Crippen LogP contribution >= 0.6 is 0 Å². The Morgan fingerprint density at radius 1 is 1.25 bits per heavy atom. The van der Waals surface area contributed by atoms with Gasteiger partial charge in [0.25, 0.3) is 0 Å². The Balaban J connectivity index is 2.42. The van der Waals surface area contributed by atoms with Crippen LogP contribution in [-0.4, -0.2) is 0 Å². The second kappa shape index (κ2) is 2.89. The number of ether oxygens (including phenoxy) is 2. The van der Waals surface area contributed by atoms with Gasteiger partial charge in [0, 0.05) is 5.56 Å². The SMILES string of the molecule is Cc1ccc2c(c1)COC=CO2. The highest BCUT2D eigenvalue weighted by Gasteiger charge is 2.05. The highest BCUT2D eigenvalue weighted by Crippen LogP contribution is 2.22. The van der Waals surface area contributed by atoms with Crippen molar-refractivity contribution in [3.05, 3.63) is 41.9 Å². The fraction of sp³-hybridized carbons (Fsp3) is 0.200. The highest BCUT2D eigenvalue weighted by atomic mass is 16.5. The quantitative estimate of drug-likeness (QED) is 0.583. The number of hydrogen-bond acceptors (Lipinski definition) is 2. The number of benzene rings is 1. The van der Waals surface area contributed by atoms with E-state index in [2.05, 4.69) is 13.0 Å². The van der Waals surface area contributed by atoms with E-state index < -0.39 is 0 Å². The van der Waals surface area contributed by atoms with Gasteiger partial charge in [-0.3, -0.25) is 0 Å². The average Bonchev–Trinajstić information content (AvgIpc) is 2.28. The summed E-state index contributed by atoms with van der Waals surface area (Å²) in [6, 6.07) is 6.06. The minimum atomic E-state index is 0.591. The zero-order valence-corrected chi connectivity index (χ0v) is 6.91. The highest BCUT2D eigenvalue weighted by molar-refractivity contribution is 5.37. The van der Waals surface area contributed by atoms with Gasteiger partial charge in [-0.25, -0.2) is 0 Å². The lowest BCUT2D eigenvalue weighted by Gasteiger charge is -2.04. The molecule has 2 nitrogen and oxygen atoms in total. The maximum atomic E-state index is 5.30. The molecule has 0 N–H and O–H groups in total. The summed E-state index contributed by atoms with van der Waals surface area (Å²) in [7, 11) is 0. The largest absolute Gasteiger partial charge is 0.493 e. The van der Waals surface area contributed by atoms with Crippen LogP contribution in [0.5, 0.6) is 5.75 Å². The minimum Gasteiger partial charge on any atom is -0.493 e. The van der Waals surface area contributed by atoms with Crippen molar-refractivity contribution in [1.29, 1.82) is 0 Å². The van der Waals surface area contributed by atoms with E-state index in [0.717, 1.165) is 11.3 Å². The van der Waals surface area contributed by atoms with E-state index in [0.29, 0.717) is 6.61 Å². The zero-order chi connectivity index (χ0) is 8.39. The fourth-order valence-electron chi connectivity index (χ4n) is 1.21. The third-order valence-electron chi connectivity index (χ3n) is 1.80. The maximum absolute atomic E-state index is 5.30. The smallest absolute Gasteiger partial charge is 0.133 e. The number of hydrogen-bond donors (Lipinski definition) is 0. The summed E-state index contributed by atoms with van der Waals surface area (Å²) in [5, 5.41) is 0. The van der Waals surface area contributed by atoms with Crippen molar-refractivity contribution in [2.75, 3.05) is 0 Å². The van der Waals surface area contributed by atoms with Crippen LogP contribution in [-0.2, 0) is 11.3 Å². The van der Waals surface area contributed by atoms with Gasteiger partial charge in [0.2, 0.25) is 0 Å². The zero-order valence-electron chi connectivity index (χ0n) is 6.91. The van der Waals surface area contributed by atoms with E-state index in [1.165, 1.54) is 5.56 Å². The summed E-state index contributed by atoms with van der Waals surface area (Å²) in [4.78, 5) is 0. The molecule has 2 heteroatoms. The fourth-order valence-corrected chi connectivity index (χ4v) is 1.21. The first kappa shape index (κ1) is 7.22. The van der Waals surface area contributed by atoms with Crippen LogP contribution in [0, 0.1) is 6.92 Å². The summed E-state index contributed by atoms with van der Waals surface area (Å²) in [5.41, 5.74) is 2.32. The molecule has 0 fully saturated rings. The van der Waals surface area contributed by atoms with Crippen LogP contribution in [0.15, 0.2) is 30.7 Å². The molecule has 0 saturated heterocycles. The molecular weight excluding hydrogens is 152 g/mol. The topological polar surface area (TPSA) is 18.5 Å². The molecule has 2 rings (SSSR count). The lowest BCUT2D eigenvalue weighted by atomic mass is 10.1. The molecule has 12 heavy (non-hydrogen) atoms. The Morgan fingerprint density at radius 3 is 3.08 bits per heavy atom. The van der Waals surface area contributed by atoms with Crippen LogP contribution < -0.4 is 4.74 Å². The maximum Gasteiger partial charge on any atom is 0.133 e. The van der Waals surface area contributed by atoms with Crippen molar-refractivity contribution in [2.45, 2.75) is 13.5 Å². The lowest BCUT2D eigenvalue weighted by Crippen LogP contribution is -1.89. The summed E-state index contributed by atoms with van der Waals surface area (Å²) in [5.74, 6) is 0.884. The molecule has 0 saturated carbocycles. The normalized spacial score (nSPS) is 14.1. The van der Waals surface area contributed by atoms with Crippen molar-refractivity contribution in [2.24, 2.45) is 0 Å². The van der Waals surface area contributed by atoms with Gasteiger partial charge in [-0.15, -0.1) is 0 Å². The molecule has 0 unspecified atom stereocenters. The Morgan fingerprint density at radius 2 is 2.17 bits per heavy atom. The van der Waals surface area contributed by atoms with Gasteiger partial charge in [-0.1, -0.05) is 11.6 Å². The van der Waals surface area contributed by atoms with Crippen molar-refractivity contribution >= 4 is 0 Å². The van der Waals surface area contributed by atoms with Crippen molar-refractivity contribution in [1.82, 2.24) is 0 Å². The predicted molar refractivity (Wildman–Crippen MR) is 45.7 cm³/mol. The second-order valence-electron chi connectivity index (χ2n) is 2.81. The molecule has 0 atom stereocenters. The number of aryl methyl sites for hydroxylation is 1. The van der Waals surface area contributed by atoms with E-state index in [9.17, 15) is 0 Å². The Labute approximate surface area is 71.4 Å². The molecule has 0 aliphatic carbocycles. The van der Waals surface area contributed by atoms with Gasteiger partial charge in [0.05, 0.1) is 0 Å². The summed E-state index contributed by atoms with van der Waals surface area (Å²) < 4.78 is 10.5. The van der Waals surface area contributed by atoms with Crippen LogP contribution in [0.2, 0.25) is 0 Å². The van der Waals surface area contributed by atoms with Crippen molar-refractivity contribution in [3.8, 4) is 5.75 Å². The first-order valence-electron chi connectivity index (χ1n) is 3.89. The Kier molecular flexibility index (Phi) is 1.74. The van der Waals surface area contributed by atoms with Gasteiger partial charge < -0.3 is 9.47 Å². The molecule has 0 bridgehead atoms. The Bertz CT molecular complexity index is 316. The van der Waals surface area contributed by atoms with Crippen LogP contribution in [0.3, 0.4) is 0 Å². The van der Waals surface area contributed by atoms with Gasteiger partial charge in [0.15, 0.2) is 0 Å². The standard InChI is InChI=1S/C10H10O2/c1-8-2-3-10-9(6-8)7-11-4-5-12-10/h2-6H,7H2,1H3. The molecule has 0 aromatic heterocycles. The average molecular weight is 162 g/mol. The van der Waals surface area contributed by atoms with E-state index >= 15 is 0 Å². The molecule has 0 amide bonds. The monoisotopic (exact) mass is 162 g/mol. The molecule has 1 aromatic rings. The third-order valence-corrected chi connectivity index (χ3v) is 1.80. The van der Waals surface area contributed by atoms with Crippen LogP contribution in [0.4, 0.5) is 0 Å². The van der Waals surface area contributed by atoms with E-state index in [1.807, 2.05) is 12.1 Å². The summed E-state index contributed by atoms with van der Waals surface area (Å²) >= 11 is 0. The van der Waals surface area contributed by atoms with Gasteiger partial charge in [0.1, 0.15) is 24.9 Å². The van der Waals surface area contributed by atoms with Gasteiger partial charge in [-0.2, -0.15) is 0 Å². The van der Waals surface area contributed by atoms with E-state index in [1.54, 1.807) is 12.5 Å². The van der Waals surface area contributed by atoms with Crippen molar-refractivity contribution in [3.63, 3.8) is 0 Å². The number of fused-ring (bicyclic) bond motifs is 1. The molecule has 1 aliphatic heterocycles. The van der Waals surface area contributed by atoms with Crippen LogP contribution in [0.1, 0.15) is 11.1 Å². The van der Waals surface area contributed by atoms with Crippen molar-refractivity contribution < 1.29 is 9.47 Å². The van der Waals surface area contributed by atoms with E-state index in [4.69, 9.17) is 9.47 Å². The molecule has 62 valence electrons. The minimum absolute atomic E-state index is 0.591. The van der Waals surface area contributed by atoms with E-state index in [-0.39, 0.29) is 0 Å². The summed E-state index contributed by atoms with van der Waals surface area (Å²) in [6.07, 6.45) is 3.12. The molecule has 1 aromatic carbocycles. The molecular formula is C10H10O2. The van der Waals surface area contributed by atoms with Gasteiger partial charge in [-0.05, 0) is 19.1 Å². The molecule has 0 radical (unpaired) electrons. The molecule has 1 aliphatic rings. The molecule has 1 heterocycles. The predicted octanol–water partition coefficient (Wildman–Crippen LogP) is 2.38. The second-order valence-corrected chi connectivity index (χ2v) is 2.81. The Hall–Kier alpha value is -1.44. The number of rotatable bonds is 0. The molecule has 0 spiro atoms. The first-order chi connectivity index (χ1) is 5.86. The third kappa shape index (κ3) is 1.28. The first-order valence-corrected chi connectivity index (χ1v) is 3.89. The van der Waals surface area contributed by atoms with Gasteiger partial charge >= 0.3 is 0 Å². The van der Waals surface area contributed by atoms with Crippen LogP contribution in [0.25, 0.3) is 0 Å². The summed E-state index contributed by atoms with van der Waals surface area (Å²) in [6.45, 7) is 2.64.